The molecule has 3 atom stereocenters. The summed E-state index contributed by atoms with van der Waals surface area (Å²) in [5.74, 6) is 1.76. The van der Waals surface area contributed by atoms with Crippen LogP contribution in [0.4, 0.5) is 0 Å². The maximum absolute atomic E-state index is 3.76. The van der Waals surface area contributed by atoms with Crippen molar-refractivity contribution in [1.82, 2.24) is 5.32 Å². The first-order valence-corrected chi connectivity index (χ1v) is 7.44. The Labute approximate surface area is 112 Å². The molecule has 1 N–H and O–H groups in total. The van der Waals surface area contributed by atoms with Gasteiger partial charge in [0.1, 0.15) is 0 Å². The van der Waals surface area contributed by atoms with Gasteiger partial charge in [-0.1, -0.05) is 43.7 Å². The Morgan fingerprint density at radius 2 is 2.06 bits per heavy atom. The van der Waals surface area contributed by atoms with Crippen molar-refractivity contribution in [3.8, 4) is 0 Å². The van der Waals surface area contributed by atoms with Crippen molar-refractivity contribution < 1.29 is 0 Å². The molecule has 1 heteroatoms. The van der Waals surface area contributed by atoms with E-state index in [-0.39, 0.29) is 0 Å². The van der Waals surface area contributed by atoms with Crippen LogP contribution in [0.25, 0.3) is 0 Å². The lowest BCUT2D eigenvalue weighted by Crippen LogP contribution is -2.39. The van der Waals surface area contributed by atoms with E-state index >= 15 is 0 Å². The van der Waals surface area contributed by atoms with Crippen molar-refractivity contribution in [3.05, 3.63) is 35.4 Å². The van der Waals surface area contributed by atoms with E-state index in [2.05, 4.69) is 50.4 Å². The highest BCUT2D eigenvalue weighted by atomic mass is 14.9. The van der Waals surface area contributed by atoms with Crippen molar-refractivity contribution in [2.75, 3.05) is 6.54 Å². The van der Waals surface area contributed by atoms with Gasteiger partial charge in [0.25, 0.3) is 0 Å². The molecule has 18 heavy (non-hydrogen) atoms. The van der Waals surface area contributed by atoms with Crippen LogP contribution in [0.15, 0.2) is 24.3 Å². The summed E-state index contributed by atoms with van der Waals surface area (Å²) in [5.41, 5.74) is 2.83. The monoisotopic (exact) mass is 245 g/mol. The SMILES string of the molecule is Cc1cccc(CCNC2CCC(C)CC2C)c1. The molecule has 0 bridgehead atoms. The van der Waals surface area contributed by atoms with E-state index in [9.17, 15) is 0 Å². The minimum Gasteiger partial charge on any atom is -0.313 e. The zero-order valence-corrected chi connectivity index (χ0v) is 12.1. The largest absolute Gasteiger partial charge is 0.313 e. The lowest BCUT2D eigenvalue weighted by molar-refractivity contribution is 0.229. The second-order valence-corrected chi connectivity index (χ2v) is 6.20. The number of benzene rings is 1. The molecule has 0 radical (unpaired) electrons. The molecule has 0 amide bonds. The molecule has 1 aliphatic carbocycles. The second-order valence-electron chi connectivity index (χ2n) is 6.20. The summed E-state index contributed by atoms with van der Waals surface area (Å²) in [7, 11) is 0. The van der Waals surface area contributed by atoms with E-state index in [0.717, 1.165) is 30.8 Å². The van der Waals surface area contributed by atoms with E-state index in [4.69, 9.17) is 0 Å². The van der Waals surface area contributed by atoms with Crippen LogP contribution in [0.3, 0.4) is 0 Å². The lowest BCUT2D eigenvalue weighted by atomic mass is 9.80. The molecular weight excluding hydrogens is 218 g/mol. The standard InChI is InChI=1S/C17H27N/c1-13-5-4-6-16(12-13)9-10-18-17-8-7-14(2)11-15(17)3/h4-6,12,14-15,17-18H,7-11H2,1-3H3. The minimum absolute atomic E-state index is 0.742. The maximum atomic E-state index is 3.76. The highest BCUT2D eigenvalue weighted by Gasteiger charge is 2.24. The van der Waals surface area contributed by atoms with E-state index in [0.29, 0.717) is 0 Å². The molecule has 0 aromatic heterocycles. The van der Waals surface area contributed by atoms with Crippen molar-refractivity contribution in [1.29, 1.82) is 0 Å². The van der Waals surface area contributed by atoms with Crippen LogP contribution in [0, 0.1) is 18.8 Å². The van der Waals surface area contributed by atoms with Gasteiger partial charge in [-0.3, -0.25) is 0 Å². The maximum Gasteiger partial charge on any atom is 0.00930 e. The summed E-state index contributed by atoms with van der Waals surface area (Å²) < 4.78 is 0. The average Bonchev–Trinajstić information content (AvgIpc) is 2.32. The molecule has 1 fully saturated rings. The van der Waals surface area contributed by atoms with E-state index in [1.807, 2.05) is 0 Å². The summed E-state index contributed by atoms with van der Waals surface area (Å²) >= 11 is 0. The van der Waals surface area contributed by atoms with Gasteiger partial charge in [0, 0.05) is 6.04 Å². The van der Waals surface area contributed by atoms with Crippen LogP contribution in [0.2, 0.25) is 0 Å². The Morgan fingerprint density at radius 3 is 2.78 bits per heavy atom. The summed E-state index contributed by atoms with van der Waals surface area (Å²) in [6, 6.07) is 9.61. The summed E-state index contributed by atoms with van der Waals surface area (Å²) in [4.78, 5) is 0. The van der Waals surface area contributed by atoms with Crippen LogP contribution < -0.4 is 5.32 Å². The predicted octanol–water partition coefficient (Wildman–Crippen LogP) is 3.95. The first-order chi connectivity index (χ1) is 8.65. The molecular formula is C17H27N. The number of hydrogen-bond donors (Lipinski definition) is 1. The van der Waals surface area contributed by atoms with Gasteiger partial charge in [0.2, 0.25) is 0 Å². The van der Waals surface area contributed by atoms with Crippen molar-refractivity contribution in [2.45, 2.75) is 52.5 Å². The normalized spacial score (nSPS) is 28.3. The number of nitrogens with one attached hydrogen (secondary N) is 1. The molecule has 2 rings (SSSR count). The number of aryl methyl sites for hydroxylation is 1. The third-order valence-electron chi connectivity index (χ3n) is 4.33. The second kappa shape index (κ2) is 6.38. The Bertz CT molecular complexity index is 372. The summed E-state index contributed by atoms with van der Waals surface area (Å²) in [5, 5.41) is 3.76. The Morgan fingerprint density at radius 1 is 1.22 bits per heavy atom. The van der Waals surface area contributed by atoms with Gasteiger partial charge < -0.3 is 5.32 Å². The van der Waals surface area contributed by atoms with E-state index < -0.39 is 0 Å². The van der Waals surface area contributed by atoms with Gasteiger partial charge in [-0.05, 0) is 56.6 Å². The molecule has 1 saturated carbocycles. The number of rotatable bonds is 4. The highest BCUT2D eigenvalue weighted by molar-refractivity contribution is 5.22. The van der Waals surface area contributed by atoms with Crippen molar-refractivity contribution >= 4 is 0 Å². The fourth-order valence-electron chi connectivity index (χ4n) is 3.24. The van der Waals surface area contributed by atoms with Crippen LogP contribution >= 0.6 is 0 Å². The Hall–Kier alpha value is -0.820. The average molecular weight is 245 g/mol. The zero-order valence-electron chi connectivity index (χ0n) is 12.1. The summed E-state index contributed by atoms with van der Waals surface area (Å²) in [6.07, 6.45) is 5.30. The molecule has 0 saturated heterocycles. The third kappa shape index (κ3) is 3.84. The molecule has 1 aliphatic rings. The topological polar surface area (TPSA) is 12.0 Å². The molecule has 3 unspecified atom stereocenters. The lowest BCUT2D eigenvalue weighted by Gasteiger charge is -2.33. The number of hydrogen-bond acceptors (Lipinski definition) is 1. The molecule has 1 nitrogen and oxygen atoms in total. The zero-order chi connectivity index (χ0) is 13.0. The minimum atomic E-state index is 0.742. The van der Waals surface area contributed by atoms with Crippen molar-refractivity contribution in [3.63, 3.8) is 0 Å². The van der Waals surface area contributed by atoms with Gasteiger partial charge in [0.05, 0.1) is 0 Å². The Kier molecular flexibility index (Phi) is 4.82. The van der Waals surface area contributed by atoms with Gasteiger partial charge in [0.15, 0.2) is 0 Å². The Balaban J connectivity index is 1.75. The molecule has 0 heterocycles. The van der Waals surface area contributed by atoms with Crippen LogP contribution in [0.1, 0.15) is 44.2 Å². The first kappa shape index (κ1) is 13.6. The molecule has 1 aromatic rings. The molecule has 100 valence electrons. The smallest absolute Gasteiger partial charge is 0.00930 e. The predicted molar refractivity (Wildman–Crippen MR) is 78.9 cm³/mol. The third-order valence-corrected chi connectivity index (χ3v) is 4.33. The van der Waals surface area contributed by atoms with Gasteiger partial charge in [-0.2, -0.15) is 0 Å². The first-order valence-electron chi connectivity index (χ1n) is 7.44. The van der Waals surface area contributed by atoms with Crippen molar-refractivity contribution in [2.24, 2.45) is 11.8 Å². The quantitative estimate of drug-likeness (QED) is 0.847. The fraction of sp³-hybridized carbons (Fsp3) is 0.647. The van der Waals surface area contributed by atoms with E-state index in [1.165, 1.54) is 30.4 Å². The molecule has 0 spiro atoms. The van der Waals surface area contributed by atoms with E-state index in [1.54, 1.807) is 0 Å². The molecule has 1 aromatic carbocycles. The van der Waals surface area contributed by atoms with Crippen LogP contribution in [0.5, 0.6) is 0 Å². The summed E-state index contributed by atoms with van der Waals surface area (Å²) in [6.45, 7) is 8.08. The highest BCUT2D eigenvalue weighted by Crippen LogP contribution is 2.28. The fourth-order valence-corrected chi connectivity index (χ4v) is 3.24. The van der Waals surface area contributed by atoms with Gasteiger partial charge in [-0.25, -0.2) is 0 Å². The van der Waals surface area contributed by atoms with Crippen LogP contribution in [-0.2, 0) is 6.42 Å². The molecule has 0 aliphatic heterocycles. The van der Waals surface area contributed by atoms with Crippen LogP contribution in [-0.4, -0.2) is 12.6 Å². The van der Waals surface area contributed by atoms with Gasteiger partial charge >= 0.3 is 0 Å². The van der Waals surface area contributed by atoms with Gasteiger partial charge in [-0.15, -0.1) is 0 Å².